The third-order valence-corrected chi connectivity index (χ3v) is 6.86. The maximum atomic E-state index is 13.2. The van der Waals surface area contributed by atoms with E-state index >= 15 is 0 Å². The largest absolute Gasteiger partial charge is 0.507 e. The summed E-state index contributed by atoms with van der Waals surface area (Å²) in [5.41, 5.74) is 0.754. The molecule has 0 spiro atoms. The fraction of sp³-hybridized carbons (Fsp3) is 0.429. The number of hydrogen-bond donors (Lipinski definition) is 1. The van der Waals surface area contributed by atoms with Gasteiger partial charge in [0.05, 0.1) is 16.5 Å². The maximum absolute atomic E-state index is 13.2. The van der Waals surface area contributed by atoms with Crippen LogP contribution in [0.25, 0.3) is 5.76 Å². The number of ketones is 1. The molecule has 0 aromatic heterocycles. The van der Waals surface area contributed by atoms with Crippen LogP contribution in [0.1, 0.15) is 63.1 Å². The minimum atomic E-state index is -0.851. The van der Waals surface area contributed by atoms with Gasteiger partial charge in [0.2, 0.25) is 0 Å². The Bertz CT molecular complexity index is 1120. The molecule has 1 amide bonds. The van der Waals surface area contributed by atoms with Crippen LogP contribution in [-0.2, 0) is 9.59 Å². The van der Waals surface area contributed by atoms with E-state index in [1.165, 1.54) is 29.2 Å². The van der Waals surface area contributed by atoms with Crippen molar-refractivity contribution in [3.63, 3.8) is 0 Å². The first-order valence-corrected chi connectivity index (χ1v) is 13.2. The molecule has 0 aliphatic carbocycles. The summed E-state index contributed by atoms with van der Waals surface area (Å²) in [7, 11) is 0. The van der Waals surface area contributed by atoms with Crippen molar-refractivity contribution in [1.29, 1.82) is 0 Å². The summed E-state index contributed by atoms with van der Waals surface area (Å²) >= 11 is 5.98. The Hall–Kier alpha value is -3.23. The smallest absolute Gasteiger partial charge is 0.295 e. The van der Waals surface area contributed by atoms with Crippen LogP contribution in [0.2, 0.25) is 5.02 Å². The van der Waals surface area contributed by atoms with E-state index in [0.717, 1.165) is 45.3 Å². The van der Waals surface area contributed by atoms with Gasteiger partial charge in [-0.15, -0.1) is 0 Å². The van der Waals surface area contributed by atoms with Gasteiger partial charge in [-0.05, 0) is 80.9 Å². The number of nitrogens with zero attached hydrogens (tertiary/aromatic N) is 3. The van der Waals surface area contributed by atoms with E-state index in [1.54, 1.807) is 24.3 Å². The van der Waals surface area contributed by atoms with Crippen molar-refractivity contribution < 1.29 is 19.6 Å². The van der Waals surface area contributed by atoms with Gasteiger partial charge >= 0.3 is 0 Å². The second kappa shape index (κ2) is 13.4. The number of aliphatic hydroxyl groups excluding tert-OH is 1. The standard InChI is InChI=1S/C28H34ClN3O5/c1-3-5-16-30(17-6-4-2)18-7-19-31-25(20-10-14-23(15-11-20)32(36)37)24(27(34)28(31)35)26(33)21-8-12-22(29)13-9-21/h8-15,25,33H,3-7,16-19H2,1-2H3/t25-/m0/s1. The number of amides is 1. The van der Waals surface area contributed by atoms with Gasteiger partial charge in [-0.1, -0.05) is 38.3 Å². The lowest BCUT2D eigenvalue weighted by Gasteiger charge is -2.27. The molecule has 1 saturated heterocycles. The molecule has 0 saturated carbocycles. The molecule has 0 unspecified atom stereocenters. The normalized spacial score (nSPS) is 17.1. The molecule has 1 N–H and O–H groups in total. The first-order chi connectivity index (χ1) is 17.8. The molecule has 198 valence electrons. The lowest BCUT2D eigenvalue weighted by molar-refractivity contribution is -0.384. The highest BCUT2D eigenvalue weighted by atomic mass is 35.5. The van der Waals surface area contributed by atoms with Gasteiger partial charge in [0, 0.05) is 29.3 Å². The van der Waals surface area contributed by atoms with Gasteiger partial charge in [0.1, 0.15) is 5.76 Å². The molecule has 8 nitrogen and oxygen atoms in total. The lowest BCUT2D eigenvalue weighted by Crippen LogP contribution is -2.34. The molecule has 1 aliphatic rings. The molecule has 2 aromatic carbocycles. The number of aliphatic hydroxyl groups is 1. The molecular weight excluding hydrogens is 494 g/mol. The lowest BCUT2D eigenvalue weighted by atomic mass is 9.95. The number of likely N-dealkylation sites (tertiary alicyclic amines) is 1. The van der Waals surface area contributed by atoms with Crippen LogP contribution >= 0.6 is 11.6 Å². The van der Waals surface area contributed by atoms with E-state index in [0.29, 0.717) is 29.1 Å². The Balaban J connectivity index is 1.94. The highest BCUT2D eigenvalue weighted by Crippen LogP contribution is 2.40. The number of unbranched alkanes of at least 4 members (excludes halogenated alkanes) is 2. The van der Waals surface area contributed by atoms with Crippen molar-refractivity contribution >= 4 is 34.7 Å². The quantitative estimate of drug-likeness (QED) is 0.113. The van der Waals surface area contributed by atoms with E-state index < -0.39 is 22.7 Å². The summed E-state index contributed by atoms with van der Waals surface area (Å²) < 4.78 is 0. The molecular formula is C28H34ClN3O5. The van der Waals surface area contributed by atoms with Crippen LogP contribution in [0, 0.1) is 10.1 Å². The van der Waals surface area contributed by atoms with Crippen molar-refractivity contribution in [1.82, 2.24) is 9.80 Å². The minimum absolute atomic E-state index is 0.0324. The predicted octanol–water partition coefficient (Wildman–Crippen LogP) is 5.96. The summed E-state index contributed by atoms with van der Waals surface area (Å²) in [4.78, 5) is 40.9. The van der Waals surface area contributed by atoms with E-state index in [4.69, 9.17) is 11.6 Å². The molecule has 1 atom stereocenters. The molecule has 1 fully saturated rings. The predicted molar refractivity (Wildman–Crippen MR) is 144 cm³/mol. The van der Waals surface area contributed by atoms with Gasteiger partial charge in [-0.2, -0.15) is 0 Å². The van der Waals surface area contributed by atoms with Gasteiger partial charge in [0.15, 0.2) is 0 Å². The highest BCUT2D eigenvalue weighted by Gasteiger charge is 2.45. The Morgan fingerprint density at radius 3 is 2.08 bits per heavy atom. The van der Waals surface area contributed by atoms with Crippen LogP contribution in [-0.4, -0.2) is 57.7 Å². The van der Waals surface area contributed by atoms with Crippen LogP contribution in [0.5, 0.6) is 0 Å². The number of benzene rings is 2. The zero-order valence-corrected chi connectivity index (χ0v) is 22.1. The van der Waals surface area contributed by atoms with Gasteiger partial charge in [-0.3, -0.25) is 19.7 Å². The molecule has 1 heterocycles. The van der Waals surface area contributed by atoms with Crippen LogP contribution in [0.4, 0.5) is 5.69 Å². The fourth-order valence-electron chi connectivity index (χ4n) is 4.56. The van der Waals surface area contributed by atoms with Crippen LogP contribution in [0.3, 0.4) is 0 Å². The topological polar surface area (TPSA) is 104 Å². The van der Waals surface area contributed by atoms with Gasteiger partial charge in [0.25, 0.3) is 17.4 Å². The Labute approximate surface area is 222 Å². The highest BCUT2D eigenvalue weighted by molar-refractivity contribution is 6.46. The first-order valence-electron chi connectivity index (χ1n) is 12.8. The van der Waals surface area contributed by atoms with E-state index in [-0.39, 0.29) is 17.0 Å². The number of carbonyl (C=O) groups excluding carboxylic acids is 2. The summed E-state index contributed by atoms with van der Waals surface area (Å²) in [5, 5.41) is 22.8. The molecule has 3 rings (SSSR count). The summed E-state index contributed by atoms with van der Waals surface area (Å²) in [6.45, 7) is 7.38. The van der Waals surface area contributed by atoms with Crippen molar-refractivity contribution in [2.75, 3.05) is 26.2 Å². The number of Topliss-reactive ketones (excluding diaryl/α,β-unsaturated/α-hetero) is 1. The zero-order chi connectivity index (χ0) is 26.9. The average Bonchev–Trinajstić information content (AvgIpc) is 3.15. The van der Waals surface area contributed by atoms with Crippen molar-refractivity contribution in [2.45, 2.75) is 52.0 Å². The molecule has 0 bridgehead atoms. The van der Waals surface area contributed by atoms with Crippen molar-refractivity contribution in [2.24, 2.45) is 0 Å². The van der Waals surface area contributed by atoms with Crippen LogP contribution < -0.4 is 0 Å². The van der Waals surface area contributed by atoms with Crippen molar-refractivity contribution in [3.8, 4) is 0 Å². The van der Waals surface area contributed by atoms with Crippen LogP contribution in [0.15, 0.2) is 54.1 Å². The fourth-order valence-corrected chi connectivity index (χ4v) is 4.69. The summed E-state index contributed by atoms with van der Waals surface area (Å²) in [5.74, 6) is -1.76. The minimum Gasteiger partial charge on any atom is -0.507 e. The molecule has 0 radical (unpaired) electrons. The Kier molecular flexibility index (Phi) is 10.2. The van der Waals surface area contributed by atoms with Crippen molar-refractivity contribution in [3.05, 3.63) is 80.4 Å². The van der Waals surface area contributed by atoms with E-state index in [9.17, 15) is 24.8 Å². The first kappa shape index (κ1) is 28.3. The number of nitro groups is 1. The third kappa shape index (κ3) is 6.96. The Morgan fingerprint density at radius 1 is 0.973 bits per heavy atom. The molecule has 1 aliphatic heterocycles. The second-order valence-corrected chi connectivity index (χ2v) is 9.69. The van der Waals surface area contributed by atoms with Gasteiger partial charge < -0.3 is 14.9 Å². The monoisotopic (exact) mass is 527 g/mol. The number of non-ortho nitro benzene ring substituents is 1. The number of hydrogen-bond acceptors (Lipinski definition) is 6. The number of halogens is 1. The summed E-state index contributed by atoms with van der Waals surface area (Å²) in [6.07, 6.45) is 5.05. The second-order valence-electron chi connectivity index (χ2n) is 9.25. The molecule has 2 aromatic rings. The maximum Gasteiger partial charge on any atom is 0.295 e. The van der Waals surface area contributed by atoms with E-state index in [2.05, 4.69) is 18.7 Å². The number of rotatable bonds is 13. The SMILES string of the molecule is CCCCN(CCCC)CCCN1C(=O)C(=O)C(=C(O)c2ccc(Cl)cc2)[C@@H]1c1ccc([N+](=O)[O-])cc1. The average molecular weight is 528 g/mol. The molecule has 37 heavy (non-hydrogen) atoms. The third-order valence-electron chi connectivity index (χ3n) is 6.61. The van der Waals surface area contributed by atoms with E-state index in [1.807, 2.05) is 0 Å². The Morgan fingerprint density at radius 2 is 1.54 bits per heavy atom. The zero-order valence-electron chi connectivity index (χ0n) is 21.4. The van der Waals surface area contributed by atoms with Gasteiger partial charge in [-0.25, -0.2) is 0 Å². The number of carbonyl (C=O) groups is 2. The number of nitro benzene ring substituents is 1. The molecule has 9 heteroatoms. The summed E-state index contributed by atoms with van der Waals surface area (Å²) in [6, 6.07) is 11.2.